The van der Waals surface area contributed by atoms with Gasteiger partial charge in [-0.1, -0.05) is 48.5 Å². The Hall–Kier alpha value is -1.84. The lowest BCUT2D eigenvalue weighted by atomic mass is 9.93. The van der Waals surface area contributed by atoms with E-state index in [9.17, 15) is 4.79 Å². The molecule has 22 heavy (non-hydrogen) atoms. The number of hydrogen-bond acceptors (Lipinski definition) is 2. The highest BCUT2D eigenvalue weighted by Gasteiger charge is 2.31. The van der Waals surface area contributed by atoms with Crippen LogP contribution >= 0.6 is 12.4 Å². The molecule has 1 amide bonds. The van der Waals surface area contributed by atoms with Gasteiger partial charge in [-0.25, -0.2) is 0 Å². The third-order valence-corrected chi connectivity index (χ3v) is 3.55. The average molecular weight is 319 g/mol. The van der Waals surface area contributed by atoms with Gasteiger partial charge in [-0.05, 0) is 31.3 Å². The van der Waals surface area contributed by atoms with Gasteiger partial charge in [0, 0.05) is 25.1 Å². The van der Waals surface area contributed by atoms with Crippen molar-refractivity contribution in [3.8, 4) is 0 Å². The quantitative estimate of drug-likeness (QED) is 0.873. The van der Waals surface area contributed by atoms with Crippen LogP contribution < -0.4 is 10.2 Å². The fraction of sp³-hybridized carbons (Fsp3) is 0.278. The number of rotatable bonds is 1. The van der Waals surface area contributed by atoms with E-state index in [0.717, 1.165) is 12.2 Å². The highest BCUT2D eigenvalue weighted by Crippen LogP contribution is 2.39. The average Bonchev–Trinajstić information content (AvgIpc) is 2.89. The fourth-order valence-electron chi connectivity index (χ4n) is 2.68. The van der Waals surface area contributed by atoms with E-state index in [-0.39, 0.29) is 18.3 Å². The van der Waals surface area contributed by atoms with Crippen molar-refractivity contribution in [1.29, 1.82) is 0 Å². The van der Waals surface area contributed by atoms with Crippen molar-refractivity contribution in [1.82, 2.24) is 5.32 Å². The Morgan fingerprint density at radius 2 is 1.59 bits per heavy atom. The predicted octanol–water partition coefficient (Wildman–Crippen LogP) is 3.44. The van der Waals surface area contributed by atoms with Crippen molar-refractivity contribution in [2.75, 3.05) is 25.5 Å². The van der Waals surface area contributed by atoms with Gasteiger partial charge in [-0.3, -0.25) is 4.79 Å². The Morgan fingerprint density at radius 1 is 1.05 bits per heavy atom. The van der Waals surface area contributed by atoms with Crippen LogP contribution in [0.4, 0.5) is 5.69 Å². The number of nitrogens with zero attached hydrogens (tertiary/aromatic N) is 1. The number of halogens is 1. The summed E-state index contributed by atoms with van der Waals surface area (Å²) in [6.07, 6.45) is 0. The van der Waals surface area contributed by atoms with E-state index >= 15 is 0 Å². The van der Waals surface area contributed by atoms with Crippen LogP contribution in [-0.4, -0.2) is 26.5 Å². The van der Waals surface area contributed by atoms with Crippen LogP contribution in [0.25, 0.3) is 0 Å². The molecule has 3 rings (SSSR count). The van der Waals surface area contributed by atoms with Crippen LogP contribution in [0.1, 0.15) is 24.0 Å². The van der Waals surface area contributed by atoms with E-state index in [2.05, 4.69) is 23.5 Å². The maximum atomic E-state index is 11.7. The third-order valence-electron chi connectivity index (χ3n) is 3.55. The summed E-state index contributed by atoms with van der Waals surface area (Å²) in [4.78, 5) is 13.6. The van der Waals surface area contributed by atoms with Gasteiger partial charge < -0.3 is 10.2 Å². The van der Waals surface area contributed by atoms with Crippen molar-refractivity contribution in [3.63, 3.8) is 0 Å². The Balaban J connectivity index is 0.000000562. The number of anilines is 1. The van der Waals surface area contributed by atoms with Crippen LogP contribution in [0.3, 0.4) is 0 Å². The number of benzene rings is 2. The number of fused-ring (bicyclic) bond motifs is 1. The fourth-order valence-corrected chi connectivity index (χ4v) is 2.68. The largest absolute Gasteiger partial charge is 0.323 e. The monoisotopic (exact) mass is 318 g/mol. The molecule has 0 radical (unpaired) electrons. The molecule has 0 bridgehead atoms. The summed E-state index contributed by atoms with van der Waals surface area (Å²) < 4.78 is 0. The van der Waals surface area contributed by atoms with Crippen LogP contribution in [0.15, 0.2) is 54.6 Å². The molecular formula is C18H23ClN2O. The lowest BCUT2D eigenvalue weighted by Crippen LogP contribution is -2.27. The summed E-state index contributed by atoms with van der Waals surface area (Å²) in [5.74, 6) is 0.409. The minimum Gasteiger partial charge on any atom is -0.323 e. The van der Waals surface area contributed by atoms with Gasteiger partial charge in [0.2, 0.25) is 5.91 Å². The van der Waals surface area contributed by atoms with Crippen LogP contribution in [0.2, 0.25) is 0 Å². The van der Waals surface area contributed by atoms with Crippen molar-refractivity contribution < 1.29 is 4.79 Å². The van der Waals surface area contributed by atoms with Gasteiger partial charge in [0.05, 0.1) is 0 Å². The number of para-hydroxylation sites is 1. The van der Waals surface area contributed by atoms with Gasteiger partial charge in [0.25, 0.3) is 0 Å². The van der Waals surface area contributed by atoms with E-state index in [4.69, 9.17) is 0 Å². The highest BCUT2D eigenvalue weighted by atomic mass is 35.5. The second-order valence-electron chi connectivity index (χ2n) is 5.15. The molecule has 118 valence electrons. The molecule has 0 fully saturated rings. The minimum absolute atomic E-state index is 0. The van der Waals surface area contributed by atoms with E-state index < -0.39 is 0 Å². The number of hydrogen-bond donors (Lipinski definition) is 1. The summed E-state index contributed by atoms with van der Waals surface area (Å²) in [6, 6.07) is 18.6. The smallest absolute Gasteiger partial charge is 0.223 e. The molecule has 0 saturated carbocycles. The van der Waals surface area contributed by atoms with Crippen molar-refractivity contribution in [3.05, 3.63) is 65.7 Å². The SMILES string of the molecule is CC(=O)N1CC(c2ccccc2)c2ccccc21.CNC.Cl. The summed E-state index contributed by atoms with van der Waals surface area (Å²) in [5, 5.41) is 2.75. The molecule has 1 unspecified atom stereocenters. The molecule has 2 aromatic rings. The topological polar surface area (TPSA) is 32.3 Å². The van der Waals surface area contributed by atoms with Gasteiger partial charge in [0.1, 0.15) is 0 Å². The number of amides is 1. The maximum Gasteiger partial charge on any atom is 0.223 e. The van der Waals surface area contributed by atoms with E-state index in [1.54, 1.807) is 6.92 Å². The zero-order valence-corrected chi connectivity index (χ0v) is 14.1. The second-order valence-corrected chi connectivity index (χ2v) is 5.15. The first-order valence-electron chi connectivity index (χ1n) is 7.19. The third kappa shape index (κ3) is 3.87. The molecule has 0 saturated heterocycles. The number of carbonyl (C=O) groups excluding carboxylic acids is 1. The number of carbonyl (C=O) groups is 1. The highest BCUT2D eigenvalue weighted by molar-refractivity contribution is 5.94. The van der Waals surface area contributed by atoms with Gasteiger partial charge >= 0.3 is 0 Å². The van der Waals surface area contributed by atoms with Gasteiger partial charge in [-0.15, -0.1) is 12.4 Å². The molecule has 3 nitrogen and oxygen atoms in total. The summed E-state index contributed by atoms with van der Waals surface area (Å²) >= 11 is 0. The molecule has 4 heteroatoms. The van der Waals surface area contributed by atoms with Gasteiger partial charge in [0.15, 0.2) is 0 Å². The molecule has 1 N–H and O–H groups in total. The molecule has 0 spiro atoms. The molecule has 1 aliphatic heterocycles. The van der Waals surface area contributed by atoms with E-state index in [1.165, 1.54) is 11.1 Å². The first kappa shape index (κ1) is 18.2. The number of nitrogens with one attached hydrogen (secondary N) is 1. The molecule has 0 aromatic heterocycles. The minimum atomic E-state index is 0. The van der Waals surface area contributed by atoms with Crippen LogP contribution in [-0.2, 0) is 4.79 Å². The van der Waals surface area contributed by atoms with Crippen LogP contribution in [0.5, 0.6) is 0 Å². The van der Waals surface area contributed by atoms with Crippen molar-refractivity contribution >= 4 is 24.0 Å². The summed E-state index contributed by atoms with van der Waals surface area (Å²) in [6.45, 7) is 2.38. The molecule has 1 heterocycles. The van der Waals surface area contributed by atoms with Crippen LogP contribution in [0, 0.1) is 0 Å². The molecule has 0 aliphatic carbocycles. The first-order chi connectivity index (χ1) is 10.2. The van der Waals surface area contributed by atoms with E-state index in [0.29, 0.717) is 5.92 Å². The van der Waals surface area contributed by atoms with Gasteiger partial charge in [-0.2, -0.15) is 0 Å². The standard InChI is InChI=1S/C16H15NO.C2H7N.ClH/c1-12(18)17-11-15(13-7-3-2-4-8-13)14-9-5-6-10-16(14)17;1-3-2;/h2-10,15H,11H2,1H3;3H,1-2H3;1H. The first-order valence-corrected chi connectivity index (χ1v) is 7.19. The zero-order chi connectivity index (χ0) is 15.2. The zero-order valence-electron chi connectivity index (χ0n) is 13.2. The molecule has 1 atom stereocenters. The Bertz CT molecular complexity index is 601. The Kier molecular flexibility index (Phi) is 7.09. The normalized spacial score (nSPS) is 15.2. The maximum absolute atomic E-state index is 11.7. The Labute approximate surface area is 138 Å². The molecule has 1 aliphatic rings. The second kappa shape index (κ2) is 8.57. The summed E-state index contributed by atoms with van der Waals surface area (Å²) in [7, 11) is 3.75. The van der Waals surface area contributed by atoms with Crippen molar-refractivity contribution in [2.24, 2.45) is 0 Å². The Morgan fingerprint density at radius 3 is 2.18 bits per heavy atom. The predicted molar refractivity (Wildman–Crippen MR) is 95.0 cm³/mol. The molecular weight excluding hydrogens is 296 g/mol. The summed E-state index contributed by atoms with van der Waals surface area (Å²) in [5.41, 5.74) is 3.58. The molecule has 2 aromatic carbocycles. The lowest BCUT2D eigenvalue weighted by Gasteiger charge is -2.15. The van der Waals surface area contributed by atoms with Crippen molar-refractivity contribution in [2.45, 2.75) is 12.8 Å². The van der Waals surface area contributed by atoms with E-state index in [1.807, 2.05) is 55.4 Å². The lowest BCUT2D eigenvalue weighted by molar-refractivity contribution is -0.116.